The van der Waals surface area contributed by atoms with Crippen LogP contribution in [0.1, 0.15) is 51.4 Å². The summed E-state index contributed by atoms with van der Waals surface area (Å²) < 4.78 is 75.9. The van der Waals surface area contributed by atoms with Crippen LogP contribution in [0.3, 0.4) is 0 Å². The van der Waals surface area contributed by atoms with Crippen LogP contribution in [0, 0.1) is 23.7 Å². The van der Waals surface area contributed by atoms with Crippen LogP contribution in [-0.2, 0) is 0 Å². The third-order valence-corrected chi connectivity index (χ3v) is 4.81. The molecule has 0 aromatic carbocycles. The Balaban J connectivity index is 1.87. The minimum absolute atomic E-state index is 0.0476. The minimum atomic E-state index is -4.16. The fraction of sp³-hybridized carbons (Fsp3) is 0.929. The van der Waals surface area contributed by atoms with E-state index >= 15 is 0 Å². The van der Waals surface area contributed by atoms with Crippen LogP contribution >= 0.6 is 0 Å². The van der Waals surface area contributed by atoms with Gasteiger partial charge in [0.2, 0.25) is 0 Å². The highest BCUT2D eigenvalue weighted by atomic mass is 19.4. The highest BCUT2D eigenvalue weighted by Crippen LogP contribution is 2.48. The summed E-state index contributed by atoms with van der Waals surface area (Å²) in [5, 5.41) is 0. The second-order valence-corrected chi connectivity index (χ2v) is 6.08. The van der Waals surface area contributed by atoms with Crippen molar-refractivity contribution in [1.29, 1.82) is 0 Å². The molecule has 0 aliphatic heterocycles. The van der Waals surface area contributed by atoms with Gasteiger partial charge in [-0.2, -0.15) is 26.3 Å². The molecule has 117 valence electrons. The Kier molecular flexibility index (Phi) is 4.59. The van der Waals surface area contributed by atoms with Gasteiger partial charge in [-0.25, -0.2) is 0 Å². The summed E-state index contributed by atoms with van der Waals surface area (Å²) in [6, 6.07) is 0. The van der Waals surface area contributed by atoms with Gasteiger partial charge < -0.3 is 0 Å². The van der Waals surface area contributed by atoms with Crippen molar-refractivity contribution < 1.29 is 26.3 Å². The van der Waals surface area contributed by atoms with Crippen LogP contribution in [0.4, 0.5) is 26.3 Å². The van der Waals surface area contributed by atoms with Crippen LogP contribution in [0.25, 0.3) is 0 Å². The first-order valence-corrected chi connectivity index (χ1v) is 7.16. The van der Waals surface area contributed by atoms with Crippen molar-refractivity contribution >= 4 is 0 Å². The summed E-state index contributed by atoms with van der Waals surface area (Å²) in [5.41, 5.74) is 0. The molecule has 0 aromatic heterocycles. The van der Waals surface area contributed by atoms with Crippen LogP contribution in [-0.4, -0.2) is 12.4 Å². The maximum atomic E-state index is 12.7. The first kappa shape index (κ1) is 16.0. The van der Waals surface area contributed by atoms with E-state index in [-0.39, 0.29) is 31.6 Å². The second kappa shape index (κ2) is 5.76. The van der Waals surface area contributed by atoms with Crippen molar-refractivity contribution in [2.24, 2.45) is 17.8 Å². The molecule has 20 heavy (non-hydrogen) atoms. The first-order chi connectivity index (χ1) is 9.18. The van der Waals surface area contributed by atoms with Crippen molar-refractivity contribution in [2.75, 3.05) is 0 Å². The summed E-state index contributed by atoms with van der Waals surface area (Å²) in [5.74, 6) is -1.72. The zero-order valence-electron chi connectivity index (χ0n) is 11.2. The van der Waals surface area contributed by atoms with Gasteiger partial charge in [0.1, 0.15) is 0 Å². The van der Waals surface area contributed by atoms with E-state index in [4.69, 9.17) is 0 Å². The Morgan fingerprint density at radius 3 is 1.75 bits per heavy atom. The monoisotopic (exact) mass is 301 g/mol. The third-order valence-electron chi connectivity index (χ3n) is 4.81. The molecule has 2 aliphatic carbocycles. The van der Waals surface area contributed by atoms with E-state index in [1.165, 1.54) is 0 Å². The Labute approximate surface area is 114 Å². The van der Waals surface area contributed by atoms with Gasteiger partial charge >= 0.3 is 12.4 Å². The molecule has 2 atom stereocenters. The van der Waals surface area contributed by atoms with Gasteiger partial charge in [-0.1, -0.05) is 6.42 Å². The van der Waals surface area contributed by atoms with E-state index in [0.29, 0.717) is 25.7 Å². The molecular weight excluding hydrogens is 282 g/mol. The van der Waals surface area contributed by atoms with Crippen molar-refractivity contribution in [3.8, 4) is 0 Å². The van der Waals surface area contributed by atoms with Gasteiger partial charge in [0, 0.05) is 0 Å². The lowest BCUT2D eigenvalue weighted by Crippen LogP contribution is -2.34. The average molecular weight is 301 g/mol. The van der Waals surface area contributed by atoms with Crippen LogP contribution in [0.5, 0.6) is 0 Å². The molecule has 2 saturated carbocycles. The van der Waals surface area contributed by atoms with Gasteiger partial charge in [0.25, 0.3) is 0 Å². The number of rotatable bonds is 1. The van der Waals surface area contributed by atoms with Gasteiger partial charge in [-0.15, -0.1) is 0 Å². The van der Waals surface area contributed by atoms with Crippen molar-refractivity contribution in [1.82, 2.24) is 0 Å². The van der Waals surface area contributed by atoms with E-state index in [1.807, 2.05) is 0 Å². The Bertz CT molecular complexity index is 311. The molecule has 2 unspecified atom stereocenters. The zero-order valence-corrected chi connectivity index (χ0v) is 11.2. The molecule has 2 rings (SSSR count). The molecule has 0 saturated heterocycles. The summed E-state index contributed by atoms with van der Waals surface area (Å²) >= 11 is 0. The average Bonchev–Trinajstić information content (AvgIpc) is 2.37. The topological polar surface area (TPSA) is 0 Å². The zero-order chi connectivity index (χ0) is 15.0. The molecule has 0 bridgehead atoms. The van der Waals surface area contributed by atoms with Gasteiger partial charge in [0.15, 0.2) is 0 Å². The molecule has 0 N–H and O–H groups in total. The maximum absolute atomic E-state index is 12.7. The van der Waals surface area contributed by atoms with E-state index in [9.17, 15) is 26.3 Å². The number of alkyl halides is 6. The quantitative estimate of drug-likeness (QED) is 0.546. The third kappa shape index (κ3) is 3.82. The lowest BCUT2D eigenvalue weighted by atomic mass is 9.68. The smallest absolute Gasteiger partial charge is 0.171 e. The lowest BCUT2D eigenvalue weighted by molar-refractivity contribution is -0.187. The summed E-state index contributed by atoms with van der Waals surface area (Å²) in [6.45, 7) is 0. The largest absolute Gasteiger partial charge is 0.391 e. The van der Waals surface area contributed by atoms with Gasteiger partial charge in [-0.05, 0) is 56.8 Å². The molecule has 2 fully saturated rings. The van der Waals surface area contributed by atoms with Crippen molar-refractivity contribution in [3.63, 3.8) is 0 Å². The molecule has 0 aromatic rings. The maximum Gasteiger partial charge on any atom is 0.391 e. The van der Waals surface area contributed by atoms with E-state index < -0.39 is 24.2 Å². The molecular formula is C14H19F6. The highest BCUT2D eigenvalue weighted by Gasteiger charge is 2.46. The Morgan fingerprint density at radius 2 is 1.25 bits per heavy atom. The van der Waals surface area contributed by atoms with Gasteiger partial charge in [0.05, 0.1) is 11.8 Å². The number of hydrogen-bond donors (Lipinski definition) is 0. The van der Waals surface area contributed by atoms with Crippen LogP contribution in [0.2, 0.25) is 0 Å². The van der Waals surface area contributed by atoms with E-state index in [2.05, 4.69) is 0 Å². The van der Waals surface area contributed by atoms with E-state index in [1.54, 1.807) is 0 Å². The molecule has 0 nitrogen and oxygen atoms in total. The fourth-order valence-electron chi connectivity index (χ4n) is 3.58. The molecule has 1 radical (unpaired) electrons. The van der Waals surface area contributed by atoms with Crippen molar-refractivity contribution in [3.05, 3.63) is 5.92 Å². The molecule has 0 spiro atoms. The standard InChI is InChI=1S/C14H19F6/c15-13(16,17)11-6-4-9(5-7-11)10-2-1-3-12(8-10)14(18,19)20/h10-12H,1-8H2. The van der Waals surface area contributed by atoms with Crippen LogP contribution in [0.15, 0.2) is 0 Å². The molecule has 6 heteroatoms. The summed E-state index contributed by atoms with van der Waals surface area (Å²) in [7, 11) is 0. The number of hydrogen-bond acceptors (Lipinski definition) is 0. The lowest BCUT2D eigenvalue weighted by Gasteiger charge is -2.38. The van der Waals surface area contributed by atoms with Crippen molar-refractivity contribution in [2.45, 2.75) is 63.7 Å². The molecule has 0 heterocycles. The van der Waals surface area contributed by atoms with E-state index in [0.717, 1.165) is 5.92 Å². The minimum Gasteiger partial charge on any atom is -0.171 e. The fourth-order valence-corrected chi connectivity index (χ4v) is 3.58. The predicted octanol–water partition coefficient (Wildman–Crippen LogP) is 5.68. The normalized spacial score (nSPS) is 31.5. The Morgan fingerprint density at radius 1 is 0.700 bits per heavy atom. The predicted molar refractivity (Wildman–Crippen MR) is 62.8 cm³/mol. The van der Waals surface area contributed by atoms with Crippen LogP contribution < -0.4 is 0 Å². The first-order valence-electron chi connectivity index (χ1n) is 7.16. The number of halogens is 6. The van der Waals surface area contributed by atoms with Gasteiger partial charge in [-0.3, -0.25) is 0 Å². The SMILES string of the molecule is FC(F)(F)C1CC[C](C2CCCC(C(F)(F)F)C2)CC1. The second-order valence-electron chi connectivity index (χ2n) is 6.08. The Hall–Kier alpha value is -0.420. The summed E-state index contributed by atoms with van der Waals surface area (Å²) in [6.07, 6.45) is -6.06. The summed E-state index contributed by atoms with van der Waals surface area (Å²) in [4.78, 5) is 0. The molecule has 0 amide bonds. The highest BCUT2D eigenvalue weighted by molar-refractivity contribution is 5.03. The molecule has 2 aliphatic rings.